The number of aromatic amines is 1. The van der Waals surface area contributed by atoms with Gasteiger partial charge in [0.15, 0.2) is 11.6 Å². The van der Waals surface area contributed by atoms with Crippen LogP contribution in [-0.2, 0) is 4.74 Å². The highest BCUT2D eigenvalue weighted by molar-refractivity contribution is 5.52. The first-order valence-corrected chi connectivity index (χ1v) is 7.95. The molecule has 1 aliphatic carbocycles. The number of ether oxygens (including phenoxy) is 1. The van der Waals surface area contributed by atoms with E-state index in [-0.39, 0.29) is 0 Å². The Balaban J connectivity index is 1.71. The zero-order valence-electron chi connectivity index (χ0n) is 12.2. The fraction of sp³-hybridized carbons (Fsp3) is 0.667. The highest BCUT2D eigenvalue weighted by atomic mass is 16.5. The van der Waals surface area contributed by atoms with Gasteiger partial charge in [-0.2, -0.15) is 10.2 Å². The number of nitrogens with zero attached hydrogens (tertiary/aromatic N) is 4. The van der Waals surface area contributed by atoms with Crippen molar-refractivity contribution < 1.29 is 4.74 Å². The molecule has 1 saturated heterocycles. The van der Waals surface area contributed by atoms with Gasteiger partial charge in [0.1, 0.15) is 0 Å². The van der Waals surface area contributed by atoms with Crippen LogP contribution in [0.3, 0.4) is 0 Å². The second-order valence-corrected chi connectivity index (χ2v) is 6.08. The van der Waals surface area contributed by atoms with Crippen molar-refractivity contribution in [2.75, 3.05) is 13.2 Å². The topological polar surface area (TPSA) is 68.6 Å². The zero-order chi connectivity index (χ0) is 14.1. The molecular formula is C15H21N5O. The third-order valence-corrected chi connectivity index (χ3v) is 4.62. The monoisotopic (exact) mass is 287 g/mol. The lowest BCUT2D eigenvalue weighted by Crippen LogP contribution is -2.15. The summed E-state index contributed by atoms with van der Waals surface area (Å²) in [7, 11) is 0. The number of hydrogen-bond donors (Lipinski definition) is 1. The molecule has 2 fully saturated rings. The summed E-state index contributed by atoms with van der Waals surface area (Å²) in [5.74, 6) is 2.24. The molecule has 3 heterocycles. The van der Waals surface area contributed by atoms with Crippen LogP contribution in [0.4, 0.5) is 0 Å². The minimum atomic E-state index is 0.348. The Morgan fingerprint density at radius 2 is 2.10 bits per heavy atom. The quantitative estimate of drug-likeness (QED) is 0.942. The lowest BCUT2D eigenvalue weighted by Gasteiger charge is -2.22. The van der Waals surface area contributed by atoms with E-state index >= 15 is 0 Å². The van der Waals surface area contributed by atoms with Gasteiger partial charge in [-0.3, -0.25) is 5.10 Å². The molecule has 112 valence electrons. The number of rotatable bonds is 3. The molecule has 2 aliphatic rings. The highest BCUT2D eigenvalue weighted by Gasteiger charge is 2.27. The first-order valence-electron chi connectivity index (χ1n) is 7.95. The molecule has 1 atom stereocenters. The van der Waals surface area contributed by atoms with E-state index in [1.54, 1.807) is 0 Å². The third-order valence-electron chi connectivity index (χ3n) is 4.62. The van der Waals surface area contributed by atoms with Crippen LogP contribution in [0.25, 0.3) is 11.4 Å². The largest absolute Gasteiger partial charge is 0.381 e. The first kappa shape index (κ1) is 13.0. The van der Waals surface area contributed by atoms with Gasteiger partial charge < -0.3 is 4.74 Å². The van der Waals surface area contributed by atoms with Gasteiger partial charge in [-0.15, -0.1) is 0 Å². The van der Waals surface area contributed by atoms with E-state index in [2.05, 4.69) is 14.9 Å². The maximum absolute atomic E-state index is 5.49. The van der Waals surface area contributed by atoms with Crippen molar-refractivity contribution in [3.63, 3.8) is 0 Å². The van der Waals surface area contributed by atoms with Gasteiger partial charge in [0, 0.05) is 18.7 Å². The summed E-state index contributed by atoms with van der Waals surface area (Å²) >= 11 is 0. The zero-order valence-corrected chi connectivity index (χ0v) is 12.2. The molecule has 0 radical (unpaired) electrons. The number of H-pyrrole nitrogens is 1. The predicted octanol–water partition coefficient (Wildman–Crippen LogP) is 2.68. The third kappa shape index (κ3) is 2.48. The average molecular weight is 287 g/mol. The van der Waals surface area contributed by atoms with E-state index in [1.807, 2.05) is 12.4 Å². The standard InChI is InChI=1S/C15H21N5O/c1-2-4-13(5-3-1)20-15(12-8-16-17-9-12)18-14(19-20)11-6-7-21-10-11/h8-9,11,13H,1-7,10H2,(H,16,17)/t11-/m1/s1. The summed E-state index contributed by atoms with van der Waals surface area (Å²) in [6.07, 6.45) is 11.1. The summed E-state index contributed by atoms with van der Waals surface area (Å²) in [6.45, 7) is 1.57. The van der Waals surface area contributed by atoms with Crippen molar-refractivity contribution >= 4 is 0 Å². The molecule has 0 unspecified atom stereocenters. The summed E-state index contributed by atoms with van der Waals surface area (Å²) in [6, 6.07) is 0.479. The van der Waals surface area contributed by atoms with Gasteiger partial charge in [0.05, 0.1) is 24.4 Å². The van der Waals surface area contributed by atoms with Crippen LogP contribution < -0.4 is 0 Å². The van der Waals surface area contributed by atoms with Crippen molar-refractivity contribution in [1.29, 1.82) is 0 Å². The van der Waals surface area contributed by atoms with Crippen LogP contribution in [0.2, 0.25) is 0 Å². The Labute approximate surface area is 123 Å². The van der Waals surface area contributed by atoms with Gasteiger partial charge >= 0.3 is 0 Å². The maximum Gasteiger partial charge on any atom is 0.161 e. The fourth-order valence-corrected chi connectivity index (χ4v) is 3.40. The second kappa shape index (κ2) is 5.60. The molecule has 6 heteroatoms. The highest BCUT2D eigenvalue weighted by Crippen LogP contribution is 2.33. The summed E-state index contributed by atoms with van der Waals surface area (Å²) in [5.41, 5.74) is 1.03. The molecule has 1 saturated carbocycles. The number of hydrogen-bond acceptors (Lipinski definition) is 4. The summed E-state index contributed by atoms with van der Waals surface area (Å²) < 4.78 is 7.64. The van der Waals surface area contributed by atoms with E-state index in [1.165, 1.54) is 32.1 Å². The fourth-order valence-electron chi connectivity index (χ4n) is 3.40. The smallest absolute Gasteiger partial charge is 0.161 e. The summed E-state index contributed by atoms with van der Waals surface area (Å²) in [4.78, 5) is 4.82. The Morgan fingerprint density at radius 1 is 1.19 bits per heavy atom. The van der Waals surface area contributed by atoms with Gasteiger partial charge in [-0.05, 0) is 19.3 Å². The van der Waals surface area contributed by atoms with Crippen molar-refractivity contribution in [3.05, 3.63) is 18.2 Å². The van der Waals surface area contributed by atoms with Gasteiger partial charge in [-0.1, -0.05) is 19.3 Å². The Kier molecular flexibility index (Phi) is 3.47. The molecule has 0 amide bonds. The number of aromatic nitrogens is 5. The van der Waals surface area contributed by atoms with Crippen molar-refractivity contribution in [3.8, 4) is 11.4 Å². The SMILES string of the molecule is c1n[nH]cc1-c1nc([C@@H]2CCOC2)nn1C1CCCCC1. The molecular weight excluding hydrogens is 266 g/mol. The molecule has 0 spiro atoms. The molecule has 1 aliphatic heterocycles. The molecule has 6 nitrogen and oxygen atoms in total. The number of nitrogens with one attached hydrogen (secondary N) is 1. The normalized spacial score (nSPS) is 23.7. The minimum absolute atomic E-state index is 0.348. The summed E-state index contributed by atoms with van der Waals surface area (Å²) in [5, 5.41) is 11.8. The van der Waals surface area contributed by atoms with E-state index in [9.17, 15) is 0 Å². The minimum Gasteiger partial charge on any atom is -0.381 e. The molecule has 0 aromatic carbocycles. The van der Waals surface area contributed by atoms with Crippen molar-refractivity contribution in [1.82, 2.24) is 25.0 Å². The molecule has 4 rings (SSSR count). The van der Waals surface area contributed by atoms with E-state index in [0.717, 1.165) is 36.8 Å². The molecule has 2 aromatic rings. The Morgan fingerprint density at radius 3 is 2.81 bits per heavy atom. The first-order chi connectivity index (χ1) is 10.4. The Bertz CT molecular complexity index is 579. The van der Waals surface area contributed by atoms with Crippen LogP contribution in [-0.4, -0.2) is 38.2 Å². The predicted molar refractivity (Wildman–Crippen MR) is 77.9 cm³/mol. The van der Waals surface area contributed by atoms with Crippen molar-refractivity contribution in [2.45, 2.75) is 50.5 Å². The molecule has 1 N–H and O–H groups in total. The van der Waals surface area contributed by atoms with E-state index in [4.69, 9.17) is 14.8 Å². The van der Waals surface area contributed by atoms with Crippen LogP contribution in [0, 0.1) is 0 Å². The van der Waals surface area contributed by atoms with Crippen LogP contribution in [0.1, 0.15) is 56.3 Å². The van der Waals surface area contributed by atoms with Crippen LogP contribution in [0.5, 0.6) is 0 Å². The van der Waals surface area contributed by atoms with Crippen LogP contribution >= 0.6 is 0 Å². The van der Waals surface area contributed by atoms with E-state index in [0.29, 0.717) is 12.0 Å². The van der Waals surface area contributed by atoms with Crippen molar-refractivity contribution in [2.24, 2.45) is 0 Å². The maximum atomic E-state index is 5.49. The molecule has 0 bridgehead atoms. The van der Waals surface area contributed by atoms with Gasteiger partial charge in [0.2, 0.25) is 0 Å². The van der Waals surface area contributed by atoms with Gasteiger partial charge in [-0.25, -0.2) is 9.67 Å². The van der Waals surface area contributed by atoms with Gasteiger partial charge in [0.25, 0.3) is 0 Å². The van der Waals surface area contributed by atoms with E-state index < -0.39 is 0 Å². The van der Waals surface area contributed by atoms with Crippen LogP contribution in [0.15, 0.2) is 12.4 Å². The lowest BCUT2D eigenvalue weighted by molar-refractivity contribution is 0.193. The molecule has 2 aromatic heterocycles. The molecule has 21 heavy (non-hydrogen) atoms. The second-order valence-electron chi connectivity index (χ2n) is 6.08. The lowest BCUT2D eigenvalue weighted by atomic mass is 9.95. The average Bonchev–Trinajstić information content (AvgIpc) is 3.27. The Hall–Kier alpha value is -1.69.